The summed E-state index contributed by atoms with van der Waals surface area (Å²) in [6.45, 7) is 3.97. The number of phosphoric ester groups is 1. The van der Waals surface area contributed by atoms with Crippen LogP contribution in [0.1, 0.15) is 277 Å². The molecule has 0 saturated heterocycles. The van der Waals surface area contributed by atoms with Crippen molar-refractivity contribution >= 4 is 19.8 Å². The normalized spacial score (nSPS) is 13.6. The zero-order valence-corrected chi connectivity index (χ0v) is 41.6. The third kappa shape index (κ3) is 46.9. The lowest BCUT2D eigenvalue weighted by atomic mass is 10.0. The van der Waals surface area contributed by atoms with Crippen LogP contribution in [-0.4, -0.2) is 60.5 Å². The lowest BCUT2D eigenvalue weighted by Crippen LogP contribution is -2.34. The molecule has 4 N–H and O–H groups in total. The Labute approximate surface area is 382 Å². The largest absolute Gasteiger partial charge is 0.480 e. The van der Waals surface area contributed by atoms with Crippen LogP contribution in [-0.2, 0) is 32.7 Å². The summed E-state index contributed by atoms with van der Waals surface area (Å²) in [6, 6.07) is -1.47. The molecule has 62 heavy (non-hydrogen) atoms. The van der Waals surface area contributed by atoms with Gasteiger partial charge < -0.3 is 25.2 Å². The van der Waals surface area contributed by atoms with Crippen molar-refractivity contribution in [3.05, 3.63) is 0 Å². The molecule has 1 unspecified atom stereocenters. The summed E-state index contributed by atoms with van der Waals surface area (Å²) in [5.41, 5.74) is 5.38. The SMILES string of the molecule is CCCCCCCCCCCCCCCCCCCCCCCCC(=O)O[C@H](COCCCCCCCCCCCCCCCCCCCC)COP(=O)(O)OC[C@H](N)C(=O)O. The number of ether oxygens (including phenoxy) is 2. The van der Waals surface area contributed by atoms with E-state index in [0.717, 1.165) is 38.5 Å². The molecule has 0 heterocycles. The van der Waals surface area contributed by atoms with Crippen LogP contribution in [0.2, 0.25) is 0 Å². The first-order chi connectivity index (χ1) is 30.2. The smallest absolute Gasteiger partial charge is 0.472 e. The Balaban J connectivity index is 4.05. The van der Waals surface area contributed by atoms with Gasteiger partial charge in [0, 0.05) is 13.0 Å². The zero-order chi connectivity index (χ0) is 45.5. The number of carbonyl (C=O) groups excluding carboxylic acids is 1. The van der Waals surface area contributed by atoms with Gasteiger partial charge in [0.05, 0.1) is 19.8 Å². The summed E-state index contributed by atoms with van der Waals surface area (Å²) in [5, 5.41) is 8.93. The van der Waals surface area contributed by atoms with Crippen LogP contribution in [0.25, 0.3) is 0 Å². The predicted octanol–water partition coefficient (Wildman–Crippen LogP) is 15.5. The first-order valence-electron chi connectivity index (χ1n) is 26.6. The Morgan fingerprint density at radius 1 is 0.452 bits per heavy atom. The minimum atomic E-state index is -4.61. The van der Waals surface area contributed by atoms with Gasteiger partial charge in [-0.2, -0.15) is 0 Å². The molecular formula is C51H102NO9P. The summed E-state index contributed by atoms with van der Waals surface area (Å²) in [6.07, 6.45) is 51.6. The number of rotatable bonds is 52. The topological polar surface area (TPSA) is 155 Å². The van der Waals surface area contributed by atoms with Crippen LogP contribution in [0.15, 0.2) is 0 Å². The molecule has 0 bridgehead atoms. The molecule has 0 aromatic rings. The van der Waals surface area contributed by atoms with Crippen molar-refractivity contribution in [3.63, 3.8) is 0 Å². The standard InChI is InChI=1S/C51H102NO9P/c1-3-5-7-9-11-13-15-17-19-21-23-24-25-26-27-29-31-33-35-37-39-41-43-50(53)61-48(46-59-62(56,57)60-47-49(52)51(54)55)45-58-44-42-40-38-36-34-32-30-28-22-20-18-16-14-12-10-8-6-4-2/h48-49H,3-47,52H2,1-2H3,(H,54,55)(H,56,57)/t48-,49+/m1/s1. The monoisotopic (exact) mass is 904 g/mol. The molecular weight excluding hydrogens is 802 g/mol. The molecule has 0 amide bonds. The average Bonchev–Trinajstić information content (AvgIpc) is 3.25. The number of unbranched alkanes of at least 4 members (excludes halogenated alkanes) is 38. The molecule has 0 aromatic heterocycles. The number of phosphoric acid groups is 1. The van der Waals surface area contributed by atoms with E-state index in [0.29, 0.717) is 6.61 Å². The van der Waals surface area contributed by atoms with Crippen LogP contribution in [0.4, 0.5) is 0 Å². The number of hydrogen-bond donors (Lipinski definition) is 3. The molecule has 370 valence electrons. The molecule has 11 heteroatoms. The van der Waals surface area contributed by atoms with Gasteiger partial charge in [-0.05, 0) is 12.8 Å². The van der Waals surface area contributed by atoms with Gasteiger partial charge in [0.2, 0.25) is 0 Å². The van der Waals surface area contributed by atoms with Crippen LogP contribution >= 0.6 is 7.82 Å². The molecule has 0 spiro atoms. The maximum absolute atomic E-state index is 12.7. The van der Waals surface area contributed by atoms with E-state index in [2.05, 4.69) is 13.8 Å². The summed E-state index contributed by atoms with van der Waals surface area (Å²) in [5.74, 6) is -1.76. The highest BCUT2D eigenvalue weighted by Crippen LogP contribution is 2.43. The summed E-state index contributed by atoms with van der Waals surface area (Å²) in [7, 11) is -4.61. The van der Waals surface area contributed by atoms with Crippen molar-refractivity contribution in [3.8, 4) is 0 Å². The van der Waals surface area contributed by atoms with Crippen molar-refractivity contribution < 1.29 is 42.7 Å². The molecule has 0 radical (unpaired) electrons. The molecule has 0 aromatic carbocycles. The lowest BCUT2D eigenvalue weighted by Gasteiger charge is -2.20. The maximum Gasteiger partial charge on any atom is 0.472 e. The minimum absolute atomic E-state index is 0.0265. The zero-order valence-electron chi connectivity index (χ0n) is 40.8. The number of hydrogen-bond acceptors (Lipinski definition) is 8. The first-order valence-corrected chi connectivity index (χ1v) is 28.1. The van der Waals surface area contributed by atoms with Gasteiger partial charge in [0.25, 0.3) is 0 Å². The quantitative estimate of drug-likeness (QED) is 0.0305. The van der Waals surface area contributed by atoms with E-state index in [1.54, 1.807) is 0 Å². The highest BCUT2D eigenvalue weighted by atomic mass is 31.2. The van der Waals surface area contributed by atoms with E-state index in [1.165, 1.54) is 218 Å². The molecule has 0 aliphatic rings. The summed E-state index contributed by atoms with van der Waals surface area (Å²) >= 11 is 0. The van der Waals surface area contributed by atoms with Crippen LogP contribution in [0, 0.1) is 0 Å². The average molecular weight is 904 g/mol. The van der Waals surface area contributed by atoms with E-state index >= 15 is 0 Å². The highest BCUT2D eigenvalue weighted by molar-refractivity contribution is 7.47. The number of esters is 1. The number of carboxylic acid groups (broad SMARTS) is 1. The maximum atomic E-state index is 12.7. The predicted molar refractivity (Wildman–Crippen MR) is 259 cm³/mol. The highest BCUT2D eigenvalue weighted by Gasteiger charge is 2.27. The van der Waals surface area contributed by atoms with Crippen LogP contribution < -0.4 is 5.73 Å². The van der Waals surface area contributed by atoms with E-state index < -0.39 is 45.1 Å². The molecule has 0 rings (SSSR count). The van der Waals surface area contributed by atoms with E-state index in [1.807, 2.05) is 0 Å². The van der Waals surface area contributed by atoms with Crippen molar-refractivity contribution in [2.24, 2.45) is 5.73 Å². The van der Waals surface area contributed by atoms with Crippen molar-refractivity contribution in [1.82, 2.24) is 0 Å². The van der Waals surface area contributed by atoms with Crippen molar-refractivity contribution in [2.45, 2.75) is 289 Å². The Morgan fingerprint density at radius 3 is 1.06 bits per heavy atom. The Hall–Kier alpha value is -1.03. The second-order valence-corrected chi connectivity index (χ2v) is 19.8. The van der Waals surface area contributed by atoms with Crippen molar-refractivity contribution in [2.75, 3.05) is 26.4 Å². The van der Waals surface area contributed by atoms with Crippen LogP contribution in [0.3, 0.4) is 0 Å². The number of carboxylic acids is 1. The summed E-state index contributed by atoms with van der Waals surface area (Å²) < 4.78 is 33.5. The third-order valence-electron chi connectivity index (χ3n) is 12.1. The molecule has 10 nitrogen and oxygen atoms in total. The summed E-state index contributed by atoms with van der Waals surface area (Å²) in [4.78, 5) is 33.7. The minimum Gasteiger partial charge on any atom is -0.480 e. The molecule has 0 aliphatic carbocycles. The second-order valence-electron chi connectivity index (χ2n) is 18.4. The Morgan fingerprint density at radius 2 is 0.742 bits per heavy atom. The Bertz CT molecular complexity index is 1000. The van der Waals surface area contributed by atoms with Gasteiger partial charge in [-0.3, -0.25) is 18.6 Å². The van der Waals surface area contributed by atoms with Gasteiger partial charge in [-0.15, -0.1) is 0 Å². The fourth-order valence-electron chi connectivity index (χ4n) is 8.02. The number of nitrogens with two attached hydrogens (primary N) is 1. The fourth-order valence-corrected chi connectivity index (χ4v) is 8.80. The number of aliphatic carboxylic acids is 1. The molecule has 3 atom stereocenters. The van der Waals surface area contributed by atoms with E-state index in [9.17, 15) is 19.0 Å². The number of carbonyl (C=O) groups is 2. The van der Waals surface area contributed by atoms with Crippen molar-refractivity contribution in [1.29, 1.82) is 0 Å². The van der Waals surface area contributed by atoms with Gasteiger partial charge in [-0.25, -0.2) is 4.57 Å². The lowest BCUT2D eigenvalue weighted by molar-refractivity contribution is -0.154. The van der Waals surface area contributed by atoms with E-state index in [4.69, 9.17) is 29.4 Å². The first kappa shape index (κ1) is 61.0. The van der Waals surface area contributed by atoms with Crippen LogP contribution in [0.5, 0.6) is 0 Å². The van der Waals surface area contributed by atoms with Gasteiger partial charge in [-0.1, -0.05) is 258 Å². The Kier molecular flexibility index (Phi) is 47.1. The molecule has 0 aliphatic heterocycles. The fraction of sp³-hybridized carbons (Fsp3) is 0.961. The third-order valence-corrected chi connectivity index (χ3v) is 13.1. The molecule has 0 saturated carbocycles. The van der Waals surface area contributed by atoms with Gasteiger partial charge >= 0.3 is 19.8 Å². The molecule has 0 fully saturated rings. The van der Waals surface area contributed by atoms with Gasteiger partial charge in [0.1, 0.15) is 12.1 Å². The second kappa shape index (κ2) is 47.9. The van der Waals surface area contributed by atoms with Gasteiger partial charge in [0.15, 0.2) is 0 Å². The van der Waals surface area contributed by atoms with E-state index in [-0.39, 0.29) is 13.0 Å².